The molecule has 0 radical (unpaired) electrons. The minimum atomic E-state index is -2.36. The lowest BCUT2D eigenvalue weighted by molar-refractivity contribution is 0.319. The van der Waals surface area contributed by atoms with Crippen LogP contribution in [0.1, 0.15) is 12.5 Å². The number of allylic oxidation sites excluding steroid dienone is 5. The van der Waals surface area contributed by atoms with E-state index in [1.165, 1.54) is 6.92 Å². The number of rotatable bonds is 2. The van der Waals surface area contributed by atoms with Crippen LogP contribution in [0.5, 0.6) is 5.75 Å². The van der Waals surface area contributed by atoms with Crippen LogP contribution in [0.2, 0.25) is 0 Å². The molecular formula is C15H10F6O2. The zero-order chi connectivity index (χ0) is 17.5. The fraction of sp³-hybridized carbons (Fsp3) is 0.200. The van der Waals surface area contributed by atoms with Gasteiger partial charge in [0.05, 0.1) is 0 Å². The van der Waals surface area contributed by atoms with Gasteiger partial charge in [0.15, 0.2) is 29.4 Å². The van der Waals surface area contributed by atoms with Crippen molar-refractivity contribution in [1.82, 2.24) is 0 Å². The summed E-state index contributed by atoms with van der Waals surface area (Å²) in [6.07, 6.45) is -1.30. The van der Waals surface area contributed by atoms with Crippen molar-refractivity contribution in [3.63, 3.8) is 0 Å². The minimum Gasteiger partial charge on any atom is -0.505 e. The standard InChI is InChI=1S/C15H10F6O2/c1-5(6-2-3-8(22)12(19)9(6)16)4-7-10(17)13(20)15(23)14(21)11(7)18/h2-3,9,22-23H,4H2,1H3. The molecule has 1 aliphatic carbocycles. The SMILES string of the molecule is CC(Cc1c(F)c(F)c(O)c(F)c1F)=C1C=CC(O)=C(F)C1F. The minimum absolute atomic E-state index is 0.112. The van der Waals surface area contributed by atoms with E-state index in [1.54, 1.807) is 0 Å². The molecule has 1 unspecified atom stereocenters. The van der Waals surface area contributed by atoms with Gasteiger partial charge in [-0.3, -0.25) is 0 Å². The van der Waals surface area contributed by atoms with Crippen molar-refractivity contribution in [3.8, 4) is 5.75 Å². The van der Waals surface area contributed by atoms with Gasteiger partial charge in [-0.25, -0.2) is 17.6 Å². The highest BCUT2D eigenvalue weighted by molar-refractivity contribution is 5.44. The van der Waals surface area contributed by atoms with E-state index in [0.717, 1.165) is 12.2 Å². The van der Waals surface area contributed by atoms with Gasteiger partial charge in [0.25, 0.3) is 0 Å². The number of hydrogen-bond acceptors (Lipinski definition) is 2. The monoisotopic (exact) mass is 336 g/mol. The van der Waals surface area contributed by atoms with Gasteiger partial charge in [-0.2, -0.15) is 8.78 Å². The normalized spacial score (nSPS) is 20.2. The molecule has 0 bridgehead atoms. The maximum atomic E-state index is 13.8. The Kier molecular flexibility index (Phi) is 4.44. The predicted molar refractivity (Wildman–Crippen MR) is 69.1 cm³/mol. The zero-order valence-electron chi connectivity index (χ0n) is 11.6. The molecule has 1 aliphatic rings. The van der Waals surface area contributed by atoms with Crippen LogP contribution in [0, 0.1) is 23.3 Å². The van der Waals surface area contributed by atoms with E-state index in [9.17, 15) is 26.3 Å². The Morgan fingerprint density at radius 2 is 1.48 bits per heavy atom. The average molecular weight is 336 g/mol. The Morgan fingerprint density at radius 1 is 0.957 bits per heavy atom. The van der Waals surface area contributed by atoms with Crippen molar-refractivity contribution in [2.24, 2.45) is 0 Å². The topological polar surface area (TPSA) is 40.5 Å². The molecule has 8 heteroatoms. The first-order chi connectivity index (χ1) is 10.7. The third kappa shape index (κ3) is 2.80. The van der Waals surface area contributed by atoms with Gasteiger partial charge in [0.1, 0.15) is 5.76 Å². The van der Waals surface area contributed by atoms with E-state index in [0.29, 0.717) is 0 Å². The summed E-state index contributed by atoms with van der Waals surface area (Å²) in [7, 11) is 0. The van der Waals surface area contributed by atoms with E-state index in [4.69, 9.17) is 10.2 Å². The van der Waals surface area contributed by atoms with Gasteiger partial charge in [0, 0.05) is 5.56 Å². The summed E-state index contributed by atoms with van der Waals surface area (Å²) >= 11 is 0. The number of halogens is 6. The molecule has 2 N–H and O–H groups in total. The van der Waals surface area contributed by atoms with Crippen LogP contribution in [-0.2, 0) is 6.42 Å². The molecule has 2 nitrogen and oxygen atoms in total. The Labute approximate surface area is 126 Å². The molecule has 1 aromatic carbocycles. The summed E-state index contributed by atoms with van der Waals surface area (Å²) in [5, 5.41) is 17.9. The molecule has 0 aromatic heterocycles. The molecule has 0 heterocycles. The fourth-order valence-corrected chi connectivity index (χ4v) is 2.15. The number of aliphatic hydroxyl groups is 1. The van der Waals surface area contributed by atoms with Gasteiger partial charge in [-0.1, -0.05) is 11.6 Å². The van der Waals surface area contributed by atoms with Crippen LogP contribution >= 0.6 is 0 Å². The van der Waals surface area contributed by atoms with Gasteiger partial charge in [0.2, 0.25) is 11.6 Å². The lowest BCUT2D eigenvalue weighted by Gasteiger charge is -2.17. The highest BCUT2D eigenvalue weighted by Crippen LogP contribution is 2.33. The average Bonchev–Trinajstić information content (AvgIpc) is 2.52. The lowest BCUT2D eigenvalue weighted by Crippen LogP contribution is -2.13. The highest BCUT2D eigenvalue weighted by Gasteiger charge is 2.28. The molecule has 0 aliphatic heterocycles. The van der Waals surface area contributed by atoms with E-state index < -0.39 is 58.8 Å². The van der Waals surface area contributed by atoms with Crippen molar-refractivity contribution in [1.29, 1.82) is 0 Å². The molecular weight excluding hydrogens is 326 g/mol. The summed E-state index contributed by atoms with van der Waals surface area (Å²) in [6.45, 7) is 1.18. The summed E-state index contributed by atoms with van der Waals surface area (Å²) in [5.41, 5.74) is -1.52. The summed E-state index contributed by atoms with van der Waals surface area (Å²) < 4.78 is 81.0. The van der Waals surface area contributed by atoms with Crippen LogP contribution in [0.15, 0.2) is 34.9 Å². The second-order valence-corrected chi connectivity index (χ2v) is 4.92. The van der Waals surface area contributed by atoms with Crippen LogP contribution in [0.3, 0.4) is 0 Å². The van der Waals surface area contributed by atoms with E-state index in [2.05, 4.69) is 0 Å². The highest BCUT2D eigenvalue weighted by atomic mass is 19.2. The van der Waals surface area contributed by atoms with Crippen LogP contribution in [-0.4, -0.2) is 16.4 Å². The summed E-state index contributed by atoms with van der Waals surface area (Å²) in [4.78, 5) is 0. The largest absolute Gasteiger partial charge is 0.505 e. The molecule has 0 saturated heterocycles. The van der Waals surface area contributed by atoms with Gasteiger partial charge >= 0.3 is 0 Å². The first-order valence-electron chi connectivity index (χ1n) is 6.31. The Hall–Kier alpha value is -2.38. The second-order valence-electron chi connectivity index (χ2n) is 4.92. The molecule has 1 aromatic rings. The van der Waals surface area contributed by atoms with Gasteiger partial charge < -0.3 is 10.2 Å². The smallest absolute Gasteiger partial charge is 0.203 e. The van der Waals surface area contributed by atoms with Gasteiger partial charge in [-0.05, 0) is 25.0 Å². The van der Waals surface area contributed by atoms with E-state index >= 15 is 0 Å². The Morgan fingerprint density at radius 3 is 2.00 bits per heavy atom. The molecule has 0 fully saturated rings. The molecule has 2 rings (SSSR count). The molecule has 23 heavy (non-hydrogen) atoms. The van der Waals surface area contributed by atoms with E-state index in [-0.39, 0.29) is 11.1 Å². The first-order valence-corrected chi connectivity index (χ1v) is 6.31. The number of phenols is 1. The number of benzene rings is 1. The van der Waals surface area contributed by atoms with Crippen molar-refractivity contribution in [2.45, 2.75) is 19.5 Å². The maximum absolute atomic E-state index is 13.8. The van der Waals surface area contributed by atoms with Crippen molar-refractivity contribution in [2.75, 3.05) is 0 Å². The maximum Gasteiger partial charge on any atom is 0.203 e. The fourth-order valence-electron chi connectivity index (χ4n) is 2.15. The third-order valence-electron chi connectivity index (χ3n) is 3.43. The van der Waals surface area contributed by atoms with Crippen molar-refractivity contribution < 1.29 is 36.6 Å². The quantitative estimate of drug-likeness (QED) is 0.619. The van der Waals surface area contributed by atoms with Crippen molar-refractivity contribution >= 4 is 0 Å². The summed E-state index contributed by atoms with van der Waals surface area (Å²) in [5.74, 6) is -11.8. The lowest BCUT2D eigenvalue weighted by atomic mass is 9.94. The molecule has 0 saturated carbocycles. The number of hydrogen-bond donors (Lipinski definition) is 2. The predicted octanol–water partition coefficient (Wildman–Crippen LogP) is 4.45. The second kappa shape index (κ2) is 6.02. The summed E-state index contributed by atoms with van der Waals surface area (Å²) in [6, 6.07) is 0. The Balaban J connectivity index is 2.49. The molecule has 0 spiro atoms. The Bertz CT molecular complexity index is 735. The zero-order valence-corrected chi connectivity index (χ0v) is 11.6. The molecule has 124 valence electrons. The number of alkyl halides is 1. The third-order valence-corrected chi connectivity index (χ3v) is 3.43. The van der Waals surface area contributed by atoms with Crippen LogP contribution in [0.25, 0.3) is 0 Å². The van der Waals surface area contributed by atoms with Crippen LogP contribution < -0.4 is 0 Å². The van der Waals surface area contributed by atoms with Crippen LogP contribution in [0.4, 0.5) is 26.3 Å². The number of phenolic OH excluding ortho intramolecular Hbond substituents is 1. The van der Waals surface area contributed by atoms with E-state index in [1.807, 2.05) is 0 Å². The van der Waals surface area contributed by atoms with Crippen molar-refractivity contribution in [3.05, 3.63) is 63.7 Å². The first kappa shape index (κ1) is 17.0. The van der Waals surface area contributed by atoms with Gasteiger partial charge in [-0.15, -0.1) is 0 Å². The molecule has 1 atom stereocenters. The molecule has 0 amide bonds. The number of aliphatic hydroxyl groups excluding tert-OH is 1. The number of aromatic hydroxyl groups is 1.